The van der Waals surface area contributed by atoms with Crippen LogP contribution in [0.5, 0.6) is 0 Å². The van der Waals surface area contributed by atoms with Gasteiger partial charge in [-0.3, -0.25) is 9.59 Å². The van der Waals surface area contributed by atoms with Crippen LogP contribution in [0.2, 0.25) is 0 Å². The third-order valence-corrected chi connectivity index (χ3v) is 4.72. The molecular formula is C26H19NO2. The van der Waals surface area contributed by atoms with Crippen molar-refractivity contribution in [3.8, 4) is 0 Å². The molecule has 0 amide bonds. The predicted octanol–water partition coefficient (Wildman–Crippen LogP) is 5.88. The molecule has 3 heteroatoms. The monoisotopic (exact) mass is 377 g/mol. The van der Waals surface area contributed by atoms with Gasteiger partial charge in [-0.25, -0.2) is 0 Å². The Kier molecular flexibility index (Phi) is 5.30. The van der Waals surface area contributed by atoms with Crippen molar-refractivity contribution in [2.45, 2.75) is 0 Å². The molecule has 4 rings (SSSR count). The minimum absolute atomic E-state index is 0.0667. The van der Waals surface area contributed by atoms with Crippen molar-refractivity contribution < 1.29 is 9.59 Å². The fourth-order valence-electron chi connectivity index (χ4n) is 3.20. The Hall–Kier alpha value is -3.98. The maximum absolute atomic E-state index is 12.8. The number of carbonyl (C=O) groups excluding carboxylic acids is 2. The maximum Gasteiger partial charge on any atom is 0.195 e. The third kappa shape index (κ3) is 4.14. The van der Waals surface area contributed by atoms with Crippen molar-refractivity contribution in [3.63, 3.8) is 0 Å². The van der Waals surface area contributed by atoms with Crippen molar-refractivity contribution >= 4 is 28.0 Å². The average Bonchev–Trinajstić information content (AvgIpc) is 2.79. The third-order valence-electron chi connectivity index (χ3n) is 4.72. The van der Waals surface area contributed by atoms with Crippen LogP contribution in [0.25, 0.3) is 10.8 Å². The smallest absolute Gasteiger partial charge is 0.195 e. The van der Waals surface area contributed by atoms with E-state index in [0.717, 1.165) is 10.8 Å². The summed E-state index contributed by atoms with van der Waals surface area (Å²) in [5, 5.41) is 5.20. The van der Waals surface area contributed by atoms with Crippen molar-refractivity contribution in [3.05, 3.63) is 126 Å². The maximum atomic E-state index is 12.8. The number of rotatable bonds is 6. The summed E-state index contributed by atoms with van der Waals surface area (Å²) in [7, 11) is 0. The molecule has 4 aromatic carbocycles. The second kappa shape index (κ2) is 8.36. The summed E-state index contributed by atoms with van der Waals surface area (Å²) in [4.78, 5) is 25.3. The Morgan fingerprint density at radius 1 is 0.655 bits per heavy atom. The van der Waals surface area contributed by atoms with Gasteiger partial charge in [-0.2, -0.15) is 0 Å². The van der Waals surface area contributed by atoms with Crippen LogP contribution in [0, 0.1) is 0 Å². The first-order valence-electron chi connectivity index (χ1n) is 9.37. The molecule has 0 bridgehead atoms. The van der Waals surface area contributed by atoms with E-state index in [0.29, 0.717) is 22.4 Å². The summed E-state index contributed by atoms with van der Waals surface area (Å²) in [6.07, 6.45) is 3.06. The zero-order valence-corrected chi connectivity index (χ0v) is 15.7. The number of nitrogens with one attached hydrogen (secondary N) is 1. The van der Waals surface area contributed by atoms with Crippen LogP contribution < -0.4 is 5.32 Å². The van der Waals surface area contributed by atoms with Crippen LogP contribution in [0.15, 0.2) is 109 Å². The van der Waals surface area contributed by atoms with Gasteiger partial charge in [0.05, 0.1) is 0 Å². The van der Waals surface area contributed by atoms with Gasteiger partial charge in [0.15, 0.2) is 11.6 Å². The number of anilines is 1. The standard InChI is InChI=1S/C26H19NO2/c28-25(22-15-14-19-8-4-5-11-21(19)18-22)16-17-27-24-13-7-6-12-23(24)26(29)20-9-2-1-3-10-20/h1-18,27H. The van der Waals surface area contributed by atoms with Crippen molar-refractivity contribution in [1.82, 2.24) is 0 Å². The Morgan fingerprint density at radius 3 is 2.17 bits per heavy atom. The topological polar surface area (TPSA) is 46.2 Å². The van der Waals surface area contributed by atoms with E-state index in [1.54, 1.807) is 24.4 Å². The molecule has 0 spiro atoms. The average molecular weight is 377 g/mol. The molecule has 0 saturated heterocycles. The van der Waals surface area contributed by atoms with E-state index in [2.05, 4.69) is 5.32 Å². The summed E-state index contributed by atoms with van der Waals surface area (Å²) in [5.41, 5.74) is 2.46. The van der Waals surface area contributed by atoms with E-state index in [1.165, 1.54) is 6.08 Å². The van der Waals surface area contributed by atoms with Gasteiger partial charge < -0.3 is 5.32 Å². The number of carbonyl (C=O) groups is 2. The largest absolute Gasteiger partial charge is 0.361 e. The molecule has 0 fully saturated rings. The number of hydrogen-bond donors (Lipinski definition) is 1. The van der Waals surface area contributed by atoms with Crippen LogP contribution >= 0.6 is 0 Å². The van der Waals surface area contributed by atoms with Crippen molar-refractivity contribution in [2.24, 2.45) is 0 Å². The van der Waals surface area contributed by atoms with E-state index in [4.69, 9.17) is 0 Å². The van der Waals surface area contributed by atoms with E-state index in [9.17, 15) is 9.59 Å². The molecule has 4 aromatic rings. The molecule has 0 radical (unpaired) electrons. The van der Waals surface area contributed by atoms with Crippen LogP contribution in [-0.2, 0) is 0 Å². The fraction of sp³-hybridized carbons (Fsp3) is 0. The highest BCUT2D eigenvalue weighted by atomic mass is 16.1. The highest BCUT2D eigenvalue weighted by Gasteiger charge is 2.12. The Morgan fingerprint density at radius 2 is 1.34 bits per heavy atom. The zero-order valence-electron chi connectivity index (χ0n) is 15.7. The van der Waals surface area contributed by atoms with E-state index in [-0.39, 0.29) is 11.6 Å². The van der Waals surface area contributed by atoms with Crippen molar-refractivity contribution in [2.75, 3.05) is 5.32 Å². The van der Waals surface area contributed by atoms with Crippen LogP contribution in [0.1, 0.15) is 26.3 Å². The molecule has 0 aliphatic rings. The first-order chi connectivity index (χ1) is 14.2. The summed E-state index contributed by atoms with van der Waals surface area (Å²) >= 11 is 0. The minimum atomic E-state index is -0.102. The lowest BCUT2D eigenvalue weighted by Crippen LogP contribution is -2.05. The highest BCUT2D eigenvalue weighted by molar-refractivity contribution is 6.12. The molecule has 0 aliphatic carbocycles. The molecule has 140 valence electrons. The van der Waals surface area contributed by atoms with Gasteiger partial charge in [0.2, 0.25) is 0 Å². The second-order valence-electron chi connectivity index (χ2n) is 6.64. The number of allylic oxidation sites excluding steroid dienone is 1. The van der Waals surface area contributed by atoms with Gasteiger partial charge in [-0.15, -0.1) is 0 Å². The van der Waals surface area contributed by atoms with Gasteiger partial charge >= 0.3 is 0 Å². The fourth-order valence-corrected chi connectivity index (χ4v) is 3.20. The van der Waals surface area contributed by atoms with Gasteiger partial charge in [-0.1, -0.05) is 78.9 Å². The van der Waals surface area contributed by atoms with Gasteiger partial charge in [0.25, 0.3) is 0 Å². The quantitative estimate of drug-likeness (QED) is 0.337. The van der Waals surface area contributed by atoms with E-state index >= 15 is 0 Å². The lowest BCUT2D eigenvalue weighted by Gasteiger charge is -2.08. The number of para-hydroxylation sites is 1. The van der Waals surface area contributed by atoms with Crippen LogP contribution in [-0.4, -0.2) is 11.6 Å². The van der Waals surface area contributed by atoms with E-state index < -0.39 is 0 Å². The summed E-state index contributed by atoms with van der Waals surface area (Å²) in [6, 6.07) is 30.0. The van der Waals surface area contributed by atoms with E-state index in [1.807, 2.05) is 78.9 Å². The molecule has 0 aromatic heterocycles. The normalized spacial score (nSPS) is 10.9. The first-order valence-corrected chi connectivity index (χ1v) is 9.37. The number of hydrogen-bond acceptors (Lipinski definition) is 3. The summed E-state index contributed by atoms with van der Waals surface area (Å²) in [6.45, 7) is 0. The summed E-state index contributed by atoms with van der Waals surface area (Å²) in [5.74, 6) is -0.168. The lowest BCUT2D eigenvalue weighted by molar-refractivity contribution is 0.103. The molecule has 1 N–H and O–H groups in total. The second-order valence-corrected chi connectivity index (χ2v) is 6.64. The highest BCUT2D eigenvalue weighted by Crippen LogP contribution is 2.20. The SMILES string of the molecule is O=C(C=CNc1ccccc1C(=O)c1ccccc1)c1ccc2ccccc2c1. The molecule has 0 heterocycles. The molecule has 0 atom stereocenters. The van der Waals surface area contributed by atoms with Crippen LogP contribution in [0.3, 0.4) is 0 Å². The Balaban J connectivity index is 1.52. The zero-order chi connectivity index (χ0) is 20.1. The molecule has 0 unspecified atom stereocenters. The molecule has 3 nitrogen and oxygen atoms in total. The predicted molar refractivity (Wildman–Crippen MR) is 117 cm³/mol. The molecule has 0 aliphatic heterocycles. The van der Waals surface area contributed by atoms with Crippen LogP contribution in [0.4, 0.5) is 5.69 Å². The number of fused-ring (bicyclic) bond motifs is 1. The first kappa shape index (κ1) is 18.4. The van der Waals surface area contributed by atoms with Crippen molar-refractivity contribution in [1.29, 1.82) is 0 Å². The Labute approximate surface area is 169 Å². The lowest BCUT2D eigenvalue weighted by atomic mass is 10.0. The molecule has 29 heavy (non-hydrogen) atoms. The van der Waals surface area contributed by atoms with Gasteiger partial charge in [0.1, 0.15) is 0 Å². The molecular weight excluding hydrogens is 358 g/mol. The molecule has 0 saturated carbocycles. The minimum Gasteiger partial charge on any atom is -0.361 e. The van der Waals surface area contributed by atoms with Gasteiger partial charge in [-0.05, 0) is 29.0 Å². The number of ketones is 2. The summed E-state index contributed by atoms with van der Waals surface area (Å²) < 4.78 is 0. The number of benzene rings is 4. The Bertz CT molecular complexity index is 1210. The van der Waals surface area contributed by atoms with Gasteiger partial charge in [0, 0.05) is 34.7 Å².